The standard InChI is InChI=1S/C16H18FNO/c1-11-14(17)8-6-9-15(11)18-12(2)13-7-4-5-10-16(13)19-3/h4-10,12,18H,1-3H3. The molecule has 2 aromatic carbocycles. The number of rotatable bonds is 4. The Kier molecular flexibility index (Phi) is 4.05. The van der Waals surface area contributed by atoms with Crippen LogP contribution in [0.3, 0.4) is 0 Å². The van der Waals surface area contributed by atoms with Crippen molar-refractivity contribution in [1.82, 2.24) is 0 Å². The number of anilines is 1. The van der Waals surface area contributed by atoms with Crippen molar-refractivity contribution in [3.8, 4) is 5.75 Å². The summed E-state index contributed by atoms with van der Waals surface area (Å²) in [5.74, 6) is 0.633. The normalized spacial score (nSPS) is 12.0. The van der Waals surface area contributed by atoms with Gasteiger partial charge in [-0.3, -0.25) is 0 Å². The van der Waals surface area contributed by atoms with E-state index in [2.05, 4.69) is 5.32 Å². The van der Waals surface area contributed by atoms with Crippen LogP contribution in [0.25, 0.3) is 0 Å². The van der Waals surface area contributed by atoms with Gasteiger partial charge < -0.3 is 10.1 Å². The first-order valence-corrected chi connectivity index (χ1v) is 6.28. The molecule has 0 aromatic heterocycles. The Morgan fingerprint density at radius 2 is 1.84 bits per heavy atom. The number of ether oxygens (including phenoxy) is 1. The van der Waals surface area contributed by atoms with Gasteiger partial charge >= 0.3 is 0 Å². The average Bonchev–Trinajstić information content (AvgIpc) is 2.43. The first-order valence-electron chi connectivity index (χ1n) is 6.28. The van der Waals surface area contributed by atoms with Crippen LogP contribution in [0.15, 0.2) is 42.5 Å². The Morgan fingerprint density at radius 3 is 2.58 bits per heavy atom. The Balaban J connectivity index is 2.26. The van der Waals surface area contributed by atoms with Gasteiger partial charge in [0.1, 0.15) is 11.6 Å². The predicted octanol–water partition coefficient (Wildman–Crippen LogP) is 4.32. The van der Waals surface area contributed by atoms with Crippen LogP contribution in [0.5, 0.6) is 5.75 Å². The predicted molar refractivity (Wildman–Crippen MR) is 76.2 cm³/mol. The zero-order valence-corrected chi connectivity index (χ0v) is 11.4. The maximum absolute atomic E-state index is 13.5. The van der Waals surface area contributed by atoms with Crippen LogP contribution in [0.1, 0.15) is 24.1 Å². The second kappa shape index (κ2) is 5.74. The zero-order valence-electron chi connectivity index (χ0n) is 11.4. The SMILES string of the molecule is COc1ccccc1C(C)Nc1cccc(F)c1C. The summed E-state index contributed by atoms with van der Waals surface area (Å²) < 4.78 is 18.9. The molecule has 2 rings (SSSR count). The van der Waals surface area contributed by atoms with Gasteiger partial charge in [0.2, 0.25) is 0 Å². The summed E-state index contributed by atoms with van der Waals surface area (Å²) in [5, 5.41) is 3.32. The second-order valence-corrected chi connectivity index (χ2v) is 4.52. The van der Waals surface area contributed by atoms with Crippen molar-refractivity contribution in [3.05, 3.63) is 59.4 Å². The number of hydrogen-bond donors (Lipinski definition) is 1. The molecular formula is C16H18FNO. The van der Waals surface area contributed by atoms with Gasteiger partial charge in [0, 0.05) is 16.8 Å². The lowest BCUT2D eigenvalue weighted by Gasteiger charge is -2.19. The van der Waals surface area contributed by atoms with E-state index in [9.17, 15) is 4.39 Å². The molecule has 0 aliphatic rings. The zero-order chi connectivity index (χ0) is 13.8. The van der Waals surface area contributed by atoms with E-state index in [1.807, 2.05) is 37.3 Å². The number of para-hydroxylation sites is 1. The third-order valence-electron chi connectivity index (χ3n) is 3.25. The van der Waals surface area contributed by atoms with Crippen LogP contribution in [-0.2, 0) is 0 Å². The molecule has 0 fully saturated rings. The van der Waals surface area contributed by atoms with Crippen molar-refractivity contribution in [2.24, 2.45) is 0 Å². The monoisotopic (exact) mass is 259 g/mol. The van der Waals surface area contributed by atoms with E-state index < -0.39 is 0 Å². The molecule has 1 N–H and O–H groups in total. The first-order chi connectivity index (χ1) is 9.13. The van der Waals surface area contributed by atoms with E-state index in [1.165, 1.54) is 6.07 Å². The molecule has 19 heavy (non-hydrogen) atoms. The highest BCUT2D eigenvalue weighted by atomic mass is 19.1. The van der Waals surface area contributed by atoms with E-state index in [0.29, 0.717) is 5.56 Å². The molecule has 0 bridgehead atoms. The fraction of sp³-hybridized carbons (Fsp3) is 0.250. The third-order valence-corrected chi connectivity index (χ3v) is 3.25. The molecule has 100 valence electrons. The number of nitrogens with one attached hydrogen (secondary N) is 1. The summed E-state index contributed by atoms with van der Waals surface area (Å²) in [4.78, 5) is 0. The molecule has 2 nitrogen and oxygen atoms in total. The largest absolute Gasteiger partial charge is 0.496 e. The van der Waals surface area contributed by atoms with E-state index >= 15 is 0 Å². The molecule has 1 unspecified atom stereocenters. The fourth-order valence-electron chi connectivity index (χ4n) is 2.10. The summed E-state index contributed by atoms with van der Waals surface area (Å²) in [6.07, 6.45) is 0. The van der Waals surface area contributed by atoms with Crippen LogP contribution in [-0.4, -0.2) is 7.11 Å². The van der Waals surface area contributed by atoms with E-state index in [0.717, 1.165) is 17.0 Å². The van der Waals surface area contributed by atoms with Crippen LogP contribution >= 0.6 is 0 Å². The van der Waals surface area contributed by atoms with Gasteiger partial charge in [-0.15, -0.1) is 0 Å². The highest BCUT2D eigenvalue weighted by Crippen LogP contribution is 2.28. The maximum Gasteiger partial charge on any atom is 0.128 e. The summed E-state index contributed by atoms with van der Waals surface area (Å²) in [7, 11) is 1.65. The highest BCUT2D eigenvalue weighted by molar-refractivity contribution is 5.53. The quantitative estimate of drug-likeness (QED) is 0.883. The molecular weight excluding hydrogens is 241 g/mol. The third kappa shape index (κ3) is 2.87. The number of benzene rings is 2. The smallest absolute Gasteiger partial charge is 0.128 e. The second-order valence-electron chi connectivity index (χ2n) is 4.52. The molecule has 0 heterocycles. The van der Waals surface area contributed by atoms with E-state index in [-0.39, 0.29) is 11.9 Å². The molecule has 0 aliphatic carbocycles. The summed E-state index contributed by atoms with van der Waals surface area (Å²) >= 11 is 0. The topological polar surface area (TPSA) is 21.3 Å². The average molecular weight is 259 g/mol. The Morgan fingerprint density at radius 1 is 1.11 bits per heavy atom. The van der Waals surface area contributed by atoms with Crippen LogP contribution < -0.4 is 10.1 Å². The summed E-state index contributed by atoms with van der Waals surface area (Å²) in [5.41, 5.74) is 2.48. The molecule has 0 radical (unpaired) electrons. The molecule has 0 amide bonds. The first kappa shape index (κ1) is 13.4. The number of hydrogen-bond acceptors (Lipinski definition) is 2. The summed E-state index contributed by atoms with van der Waals surface area (Å²) in [6.45, 7) is 3.80. The number of halogens is 1. The summed E-state index contributed by atoms with van der Waals surface area (Å²) in [6, 6.07) is 12.9. The lowest BCUT2D eigenvalue weighted by Crippen LogP contribution is -2.09. The minimum Gasteiger partial charge on any atom is -0.496 e. The molecule has 3 heteroatoms. The Labute approximate surface area is 113 Å². The molecule has 2 aromatic rings. The Bertz CT molecular complexity index is 568. The van der Waals surface area contributed by atoms with Crippen LogP contribution in [0, 0.1) is 12.7 Å². The van der Waals surface area contributed by atoms with Gasteiger partial charge in [0.05, 0.1) is 13.2 Å². The van der Waals surface area contributed by atoms with E-state index in [1.54, 1.807) is 20.1 Å². The van der Waals surface area contributed by atoms with Crippen molar-refractivity contribution < 1.29 is 9.13 Å². The van der Waals surface area contributed by atoms with Crippen LogP contribution in [0.2, 0.25) is 0 Å². The Hall–Kier alpha value is -2.03. The van der Waals surface area contributed by atoms with Crippen molar-refractivity contribution in [2.75, 3.05) is 12.4 Å². The van der Waals surface area contributed by atoms with Crippen molar-refractivity contribution in [2.45, 2.75) is 19.9 Å². The van der Waals surface area contributed by atoms with Crippen molar-refractivity contribution >= 4 is 5.69 Å². The minimum absolute atomic E-state index is 0.0386. The molecule has 0 saturated carbocycles. The molecule has 0 aliphatic heterocycles. The highest BCUT2D eigenvalue weighted by Gasteiger charge is 2.12. The fourth-order valence-corrected chi connectivity index (χ4v) is 2.10. The van der Waals surface area contributed by atoms with Crippen molar-refractivity contribution in [1.29, 1.82) is 0 Å². The van der Waals surface area contributed by atoms with Crippen molar-refractivity contribution in [3.63, 3.8) is 0 Å². The number of methoxy groups -OCH3 is 1. The molecule has 1 atom stereocenters. The van der Waals surface area contributed by atoms with Gasteiger partial charge in [-0.1, -0.05) is 24.3 Å². The molecule has 0 saturated heterocycles. The van der Waals surface area contributed by atoms with Gasteiger partial charge in [-0.2, -0.15) is 0 Å². The lowest BCUT2D eigenvalue weighted by atomic mass is 10.1. The van der Waals surface area contributed by atoms with Gasteiger partial charge in [-0.05, 0) is 32.0 Å². The van der Waals surface area contributed by atoms with Gasteiger partial charge in [0.15, 0.2) is 0 Å². The lowest BCUT2D eigenvalue weighted by molar-refractivity contribution is 0.408. The maximum atomic E-state index is 13.5. The minimum atomic E-state index is -0.197. The van der Waals surface area contributed by atoms with Gasteiger partial charge in [0.25, 0.3) is 0 Å². The van der Waals surface area contributed by atoms with Crippen LogP contribution in [0.4, 0.5) is 10.1 Å². The van der Waals surface area contributed by atoms with Gasteiger partial charge in [-0.25, -0.2) is 4.39 Å². The van der Waals surface area contributed by atoms with E-state index in [4.69, 9.17) is 4.74 Å². The molecule has 0 spiro atoms.